The van der Waals surface area contributed by atoms with Crippen LogP contribution < -0.4 is 10.1 Å². The van der Waals surface area contributed by atoms with Crippen LogP contribution in [0.15, 0.2) is 33.9 Å². The van der Waals surface area contributed by atoms with Gasteiger partial charge in [0.25, 0.3) is 17.0 Å². The van der Waals surface area contributed by atoms with Crippen molar-refractivity contribution in [1.29, 1.82) is 0 Å². The van der Waals surface area contributed by atoms with Crippen LogP contribution in [-0.4, -0.2) is 44.9 Å². The Kier molecular flexibility index (Phi) is 5.17. The van der Waals surface area contributed by atoms with E-state index in [1.54, 1.807) is 13.8 Å². The Hall–Kier alpha value is -2.55. The molecule has 1 fully saturated rings. The summed E-state index contributed by atoms with van der Waals surface area (Å²) in [5.74, 6) is 1.32. The van der Waals surface area contributed by atoms with Crippen molar-refractivity contribution in [2.24, 2.45) is 0 Å². The lowest BCUT2D eigenvalue weighted by Crippen LogP contribution is -2.40. The largest absolute Gasteiger partial charge is 0.484 e. The highest BCUT2D eigenvalue weighted by atomic mass is 32.2. The molecular weight excluding hydrogens is 356 g/mol. The van der Waals surface area contributed by atoms with Crippen LogP contribution in [0.5, 0.6) is 5.75 Å². The minimum Gasteiger partial charge on any atom is -0.484 e. The van der Waals surface area contributed by atoms with E-state index in [1.165, 1.54) is 16.7 Å². The van der Waals surface area contributed by atoms with Gasteiger partial charge in [-0.25, -0.2) is 4.79 Å². The van der Waals surface area contributed by atoms with Gasteiger partial charge in [-0.2, -0.15) is 0 Å². The van der Waals surface area contributed by atoms with E-state index in [1.807, 2.05) is 31.2 Å². The zero-order valence-electron chi connectivity index (χ0n) is 14.8. The van der Waals surface area contributed by atoms with Crippen molar-refractivity contribution in [2.45, 2.75) is 38.1 Å². The predicted octanol–water partition coefficient (Wildman–Crippen LogP) is 2.38. The van der Waals surface area contributed by atoms with E-state index in [2.05, 4.69) is 15.5 Å². The van der Waals surface area contributed by atoms with Gasteiger partial charge in [0.05, 0.1) is 0 Å². The van der Waals surface area contributed by atoms with E-state index in [-0.39, 0.29) is 25.1 Å². The molecule has 2 heterocycles. The van der Waals surface area contributed by atoms with Crippen LogP contribution in [0.4, 0.5) is 4.79 Å². The fraction of sp³-hybridized carbons (Fsp3) is 0.412. The first kappa shape index (κ1) is 18.2. The standard InChI is InChI=1S/C17H20N4O4S/c1-11-4-6-12(7-5-11)24-10-13-19-20-16(25-13)26-9-8-21-14(22)17(2,3)18-15(21)23/h4-7H,8-10H2,1-3H3,(H,18,23). The lowest BCUT2D eigenvalue weighted by atomic mass is 10.1. The van der Waals surface area contributed by atoms with Crippen molar-refractivity contribution in [1.82, 2.24) is 20.4 Å². The van der Waals surface area contributed by atoms with Crippen LogP contribution in [0.2, 0.25) is 0 Å². The van der Waals surface area contributed by atoms with Gasteiger partial charge in [-0.1, -0.05) is 29.5 Å². The van der Waals surface area contributed by atoms with E-state index in [0.29, 0.717) is 16.9 Å². The second-order valence-corrected chi connectivity index (χ2v) is 7.47. The quantitative estimate of drug-likeness (QED) is 0.585. The zero-order chi connectivity index (χ0) is 18.7. The van der Waals surface area contributed by atoms with Gasteiger partial charge >= 0.3 is 6.03 Å². The van der Waals surface area contributed by atoms with E-state index >= 15 is 0 Å². The third-order valence-corrected chi connectivity index (χ3v) is 4.62. The lowest BCUT2D eigenvalue weighted by Gasteiger charge is -2.15. The van der Waals surface area contributed by atoms with Crippen molar-refractivity contribution >= 4 is 23.7 Å². The van der Waals surface area contributed by atoms with Crippen molar-refractivity contribution in [3.8, 4) is 5.75 Å². The molecule has 0 spiro atoms. The molecule has 2 aromatic rings. The Morgan fingerprint density at radius 2 is 1.96 bits per heavy atom. The summed E-state index contributed by atoms with van der Waals surface area (Å²) in [6, 6.07) is 7.30. The van der Waals surface area contributed by atoms with Gasteiger partial charge in [0.15, 0.2) is 6.61 Å². The number of imide groups is 1. The number of hydrogen-bond donors (Lipinski definition) is 1. The second kappa shape index (κ2) is 7.36. The Morgan fingerprint density at radius 3 is 2.62 bits per heavy atom. The number of carbonyl (C=O) groups excluding carboxylic acids is 2. The normalized spacial score (nSPS) is 16.0. The number of nitrogens with one attached hydrogen (secondary N) is 1. The molecule has 1 N–H and O–H groups in total. The number of rotatable bonds is 7. The van der Waals surface area contributed by atoms with Gasteiger partial charge in [0, 0.05) is 12.3 Å². The van der Waals surface area contributed by atoms with Gasteiger partial charge in [-0.05, 0) is 32.9 Å². The summed E-state index contributed by atoms with van der Waals surface area (Å²) < 4.78 is 11.1. The molecule has 138 valence electrons. The summed E-state index contributed by atoms with van der Waals surface area (Å²) in [5, 5.41) is 10.9. The zero-order valence-corrected chi connectivity index (χ0v) is 15.6. The van der Waals surface area contributed by atoms with E-state index in [9.17, 15) is 9.59 Å². The van der Waals surface area contributed by atoms with Gasteiger partial charge in [0.2, 0.25) is 0 Å². The Bertz CT molecular complexity index is 803. The molecule has 3 amide bonds. The first-order valence-electron chi connectivity index (χ1n) is 8.14. The van der Waals surface area contributed by atoms with E-state index < -0.39 is 5.54 Å². The molecule has 0 atom stereocenters. The molecule has 3 rings (SSSR count). The molecule has 9 heteroatoms. The van der Waals surface area contributed by atoms with Crippen LogP contribution in [0.1, 0.15) is 25.3 Å². The highest BCUT2D eigenvalue weighted by molar-refractivity contribution is 7.99. The van der Waals surface area contributed by atoms with Crippen LogP contribution in [0.3, 0.4) is 0 Å². The summed E-state index contributed by atoms with van der Waals surface area (Å²) in [6.07, 6.45) is 0. The average Bonchev–Trinajstić information content (AvgIpc) is 3.12. The molecule has 0 saturated carbocycles. The third-order valence-electron chi connectivity index (χ3n) is 3.82. The second-order valence-electron chi connectivity index (χ2n) is 6.42. The number of ether oxygens (including phenoxy) is 1. The van der Waals surface area contributed by atoms with Gasteiger partial charge in [-0.15, -0.1) is 10.2 Å². The summed E-state index contributed by atoms with van der Waals surface area (Å²) in [5.41, 5.74) is 0.301. The average molecular weight is 376 g/mol. The van der Waals surface area contributed by atoms with Crippen LogP contribution >= 0.6 is 11.8 Å². The molecule has 1 saturated heterocycles. The van der Waals surface area contributed by atoms with Crippen LogP contribution in [-0.2, 0) is 11.4 Å². The number of urea groups is 1. The molecule has 1 aliphatic heterocycles. The highest BCUT2D eigenvalue weighted by Gasteiger charge is 2.43. The molecule has 0 bridgehead atoms. The molecule has 0 radical (unpaired) electrons. The Morgan fingerprint density at radius 1 is 1.23 bits per heavy atom. The van der Waals surface area contributed by atoms with Gasteiger partial charge in [-0.3, -0.25) is 9.69 Å². The van der Waals surface area contributed by atoms with Crippen LogP contribution in [0, 0.1) is 6.92 Å². The monoisotopic (exact) mass is 376 g/mol. The molecule has 1 aliphatic rings. The van der Waals surface area contributed by atoms with Crippen molar-refractivity contribution in [3.63, 3.8) is 0 Å². The summed E-state index contributed by atoms with van der Waals surface area (Å²) >= 11 is 1.29. The fourth-order valence-corrected chi connectivity index (χ4v) is 3.08. The molecular formula is C17H20N4O4S. The van der Waals surface area contributed by atoms with E-state index in [0.717, 1.165) is 11.3 Å². The Balaban J connectivity index is 1.46. The maximum Gasteiger partial charge on any atom is 0.325 e. The Labute approximate surface area is 155 Å². The number of aryl methyl sites for hydroxylation is 1. The summed E-state index contributed by atoms with van der Waals surface area (Å²) in [7, 11) is 0. The maximum atomic E-state index is 12.1. The van der Waals surface area contributed by atoms with Gasteiger partial charge in [0.1, 0.15) is 11.3 Å². The van der Waals surface area contributed by atoms with Gasteiger partial charge < -0.3 is 14.5 Å². The fourth-order valence-electron chi connectivity index (χ4n) is 2.38. The molecule has 0 unspecified atom stereocenters. The lowest BCUT2D eigenvalue weighted by molar-refractivity contribution is -0.130. The maximum absolute atomic E-state index is 12.1. The van der Waals surface area contributed by atoms with E-state index in [4.69, 9.17) is 9.15 Å². The number of nitrogens with zero attached hydrogens (tertiary/aromatic N) is 3. The smallest absolute Gasteiger partial charge is 0.325 e. The first-order chi connectivity index (χ1) is 12.3. The number of benzene rings is 1. The SMILES string of the molecule is Cc1ccc(OCc2nnc(SCCN3C(=O)NC(C)(C)C3=O)o2)cc1. The number of hydrogen-bond acceptors (Lipinski definition) is 7. The first-order valence-corrected chi connectivity index (χ1v) is 9.12. The molecule has 1 aromatic carbocycles. The summed E-state index contributed by atoms with van der Waals surface area (Å²) in [4.78, 5) is 25.1. The van der Waals surface area contributed by atoms with Crippen molar-refractivity contribution < 1.29 is 18.7 Å². The number of carbonyl (C=O) groups is 2. The molecule has 26 heavy (non-hydrogen) atoms. The molecule has 0 aliphatic carbocycles. The topological polar surface area (TPSA) is 97.6 Å². The molecule has 1 aromatic heterocycles. The number of thioether (sulfide) groups is 1. The third kappa shape index (κ3) is 4.16. The molecule has 8 nitrogen and oxygen atoms in total. The number of amides is 3. The van der Waals surface area contributed by atoms with Crippen LogP contribution in [0.25, 0.3) is 0 Å². The summed E-state index contributed by atoms with van der Waals surface area (Å²) in [6.45, 7) is 5.82. The van der Waals surface area contributed by atoms with Crippen molar-refractivity contribution in [3.05, 3.63) is 35.7 Å². The predicted molar refractivity (Wildman–Crippen MR) is 94.9 cm³/mol. The minimum atomic E-state index is -0.854. The highest BCUT2D eigenvalue weighted by Crippen LogP contribution is 2.21. The minimum absolute atomic E-state index is 0.178. The number of aromatic nitrogens is 2. The van der Waals surface area contributed by atoms with Crippen molar-refractivity contribution in [2.75, 3.05) is 12.3 Å².